The Kier molecular flexibility index (Phi) is 9.53. The summed E-state index contributed by atoms with van der Waals surface area (Å²) in [4.78, 5) is 4.92. The van der Waals surface area contributed by atoms with Crippen LogP contribution < -0.4 is 9.80 Å². The first-order chi connectivity index (χ1) is 27.0. The number of aryl methyl sites for hydroxylation is 4. The van der Waals surface area contributed by atoms with Gasteiger partial charge >= 0.3 is 0 Å². The summed E-state index contributed by atoms with van der Waals surface area (Å²) < 4.78 is -0.0172. The van der Waals surface area contributed by atoms with Crippen LogP contribution in [0.2, 0.25) is 39.3 Å². The van der Waals surface area contributed by atoms with Crippen molar-refractivity contribution in [2.75, 3.05) is 9.80 Å². The van der Waals surface area contributed by atoms with E-state index >= 15 is 0 Å². The maximum atomic E-state index is 2.62. The van der Waals surface area contributed by atoms with Gasteiger partial charge in [-0.15, -0.1) is 0 Å². The monoisotopic (exact) mass is 778 g/mol. The molecule has 0 atom stereocenters. The number of hydrogen-bond acceptors (Lipinski definition) is 2. The molecule has 0 saturated carbocycles. The highest BCUT2D eigenvalue weighted by atomic mass is 28.4. The van der Waals surface area contributed by atoms with E-state index in [-0.39, 0.29) is 4.66 Å². The first-order valence-electron chi connectivity index (χ1n) is 20.6. The number of anilines is 6. The fourth-order valence-electron chi connectivity index (χ4n) is 10.4. The number of nitrogens with zero attached hydrogens (tertiary/aromatic N) is 2. The van der Waals surface area contributed by atoms with Crippen molar-refractivity contribution in [1.29, 1.82) is 0 Å². The van der Waals surface area contributed by atoms with Crippen LogP contribution in [-0.4, -0.2) is 16.1 Å². The third-order valence-electron chi connectivity index (χ3n) is 13.2. The van der Waals surface area contributed by atoms with E-state index in [1.165, 1.54) is 95.0 Å². The Morgan fingerprint density at radius 2 is 0.772 bits per heavy atom. The maximum absolute atomic E-state index is 2.62. The summed E-state index contributed by atoms with van der Waals surface area (Å²) >= 11 is 0. The fourth-order valence-corrected chi connectivity index (χ4v) is 23.5. The molecule has 7 aromatic rings. The Morgan fingerprint density at radius 3 is 1.23 bits per heavy atom. The van der Waals surface area contributed by atoms with Gasteiger partial charge in [-0.2, -0.15) is 0 Å². The van der Waals surface area contributed by atoms with Crippen LogP contribution in [0.5, 0.6) is 0 Å². The summed E-state index contributed by atoms with van der Waals surface area (Å²) in [6.07, 6.45) is 0. The lowest BCUT2D eigenvalue weighted by molar-refractivity contribution is 0.953. The predicted molar refractivity (Wildman–Crippen MR) is 255 cm³/mol. The molecule has 0 aliphatic heterocycles. The molecule has 0 saturated heterocycles. The van der Waals surface area contributed by atoms with Crippen molar-refractivity contribution >= 4 is 61.0 Å². The lowest BCUT2D eigenvalue weighted by atomic mass is 9.99. The second-order valence-corrected chi connectivity index (χ2v) is 29.7. The van der Waals surface area contributed by atoms with Crippen LogP contribution in [0.1, 0.15) is 44.5 Å². The third-order valence-corrected chi connectivity index (χ3v) is 23.3. The number of hydrogen-bond donors (Lipinski definition) is 0. The Morgan fingerprint density at radius 1 is 0.351 bits per heavy atom. The summed E-state index contributed by atoms with van der Waals surface area (Å²) in [5, 5.41) is 2.59. The normalized spacial score (nSPS) is 13.4. The Balaban J connectivity index is 1.36. The summed E-state index contributed by atoms with van der Waals surface area (Å²) in [6.45, 7) is 29.2. The molecule has 288 valence electrons. The molecule has 7 aromatic carbocycles. The second kappa shape index (κ2) is 14.0. The van der Waals surface area contributed by atoms with Gasteiger partial charge < -0.3 is 9.80 Å². The lowest BCUT2D eigenvalue weighted by Crippen LogP contribution is -2.63. The molecule has 4 heteroatoms. The van der Waals surface area contributed by atoms with Crippen LogP contribution in [0, 0.1) is 41.5 Å². The molecule has 0 heterocycles. The van der Waals surface area contributed by atoms with E-state index in [0.29, 0.717) is 0 Å². The number of benzene rings is 7. The number of rotatable bonds is 8. The van der Waals surface area contributed by atoms with E-state index in [0.717, 1.165) is 0 Å². The van der Waals surface area contributed by atoms with Gasteiger partial charge in [-0.05, 0) is 187 Å². The summed E-state index contributed by atoms with van der Waals surface area (Å²) in [5.74, 6) is 0. The van der Waals surface area contributed by atoms with E-state index in [1.54, 1.807) is 5.56 Å². The van der Waals surface area contributed by atoms with E-state index in [9.17, 15) is 0 Å². The molecule has 0 N–H and O–H groups in total. The second-order valence-electron chi connectivity index (χ2n) is 18.7. The first kappa shape index (κ1) is 38.7. The van der Waals surface area contributed by atoms with Crippen LogP contribution in [0.4, 0.5) is 34.1 Å². The Bertz CT molecular complexity index is 2600. The van der Waals surface area contributed by atoms with Gasteiger partial charge in [0.1, 0.15) is 0 Å². The average Bonchev–Trinajstić information content (AvgIpc) is 3.46. The van der Waals surface area contributed by atoms with Gasteiger partial charge in [0.15, 0.2) is 0 Å². The van der Waals surface area contributed by atoms with E-state index < -0.39 is 16.1 Å². The van der Waals surface area contributed by atoms with Crippen molar-refractivity contribution in [3.05, 3.63) is 178 Å². The molecular weight excluding hydrogens is 721 g/mol. The van der Waals surface area contributed by atoms with E-state index in [2.05, 4.69) is 224 Å². The summed E-state index contributed by atoms with van der Waals surface area (Å²) in [5.41, 5.74) is 21.1. The zero-order chi connectivity index (χ0) is 40.6. The molecule has 0 fully saturated rings. The molecule has 2 nitrogen and oxygen atoms in total. The van der Waals surface area contributed by atoms with E-state index in [1.807, 2.05) is 0 Å². The highest BCUT2D eigenvalue weighted by Crippen LogP contribution is 2.59. The van der Waals surface area contributed by atoms with Gasteiger partial charge in [-0.25, -0.2) is 0 Å². The van der Waals surface area contributed by atoms with Gasteiger partial charge in [0.05, 0.1) is 16.1 Å². The minimum Gasteiger partial charge on any atom is -0.310 e. The van der Waals surface area contributed by atoms with E-state index in [4.69, 9.17) is 0 Å². The number of para-hydroxylation sites is 2. The van der Waals surface area contributed by atoms with Gasteiger partial charge in [0, 0.05) is 38.8 Å². The lowest BCUT2D eigenvalue weighted by Gasteiger charge is -2.51. The van der Waals surface area contributed by atoms with Gasteiger partial charge in [-0.3, -0.25) is 0 Å². The van der Waals surface area contributed by atoms with Crippen molar-refractivity contribution in [3.8, 4) is 11.1 Å². The Labute approximate surface area is 343 Å². The molecule has 1 aliphatic rings. The maximum Gasteiger partial charge on any atom is 0.0579 e. The van der Waals surface area contributed by atoms with Crippen LogP contribution in [0.15, 0.2) is 133 Å². The van der Waals surface area contributed by atoms with Crippen molar-refractivity contribution in [1.82, 2.24) is 0 Å². The van der Waals surface area contributed by atoms with Crippen LogP contribution in [0.3, 0.4) is 0 Å². The molecular formula is C53H58N2Si2. The molecule has 0 amide bonds. The molecule has 0 bridgehead atoms. The van der Waals surface area contributed by atoms with Crippen LogP contribution >= 0.6 is 0 Å². The van der Waals surface area contributed by atoms with Gasteiger partial charge in [0.2, 0.25) is 0 Å². The first-order valence-corrected chi connectivity index (χ1v) is 27.6. The molecule has 0 spiro atoms. The van der Waals surface area contributed by atoms with Crippen molar-refractivity contribution < 1.29 is 0 Å². The van der Waals surface area contributed by atoms with Crippen LogP contribution in [0.25, 0.3) is 21.9 Å². The topological polar surface area (TPSA) is 6.48 Å². The van der Waals surface area contributed by atoms with Crippen molar-refractivity contribution in [2.24, 2.45) is 0 Å². The molecule has 0 aromatic heterocycles. The SMILES string of the molecule is Cc1cc(N(c2ccccc2)c2ccc3c(c2)C([Si](C)(C)C)([Si](C)(C)C)c2cc4cc(N(c5ccccc5)c5cc(C)c(C)c(C)c5)ccc4cc2-3)cc(C)c1C. The smallest absolute Gasteiger partial charge is 0.0579 e. The Hall–Kier alpha value is -5.17. The molecule has 0 unspecified atom stereocenters. The van der Waals surface area contributed by atoms with Gasteiger partial charge in [0.25, 0.3) is 0 Å². The summed E-state index contributed by atoms with van der Waals surface area (Å²) in [6, 6.07) is 50.9. The standard InChI is InChI=1S/C53H58N2Si2/c1-35-27-47(28-36(2)39(35)5)54(43-19-15-13-16-20-43)45-24-23-41-32-50-49-26-25-46(55(44-21-17-14-18-22-44)48-29-37(3)40(6)38(4)30-48)34-52(49)53(56(7,8)9,57(10,11)12)51(50)33-42(41)31-45/h13-34H,1-12H3. The average molecular weight is 779 g/mol. The quantitative estimate of drug-likeness (QED) is 0.142. The third kappa shape index (κ3) is 6.29. The minimum atomic E-state index is -1.97. The van der Waals surface area contributed by atoms with Crippen LogP contribution in [-0.2, 0) is 4.66 Å². The molecule has 57 heavy (non-hydrogen) atoms. The van der Waals surface area contributed by atoms with Crippen molar-refractivity contribution in [2.45, 2.75) is 85.5 Å². The van der Waals surface area contributed by atoms with Gasteiger partial charge in [-0.1, -0.05) is 93.9 Å². The zero-order valence-corrected chi connectivity index (χ0v) is 38.1. The minimum absolute atomic E-state index is 0.0172. The predicted octanol–water partition coefficient (Wildman–Crippen LogP) is 15.7. The largest absolute Gasteiger partial charge is 0.310 e. The summed E-state index contributed by atoms with van der Waals surface area (Å²) in [7, 11) is -3.93. The highest BCUT2D eigenvalue weighted by Gasteiger charge is 2.59. The molecule has 8 rings (SSSR count). The van der Waals surface area contributed by atoms with Crippen molar-refractivity contribution in [3.63, 3.8) is 0 Å². The zero-order valence-electron chi connectivity index (χ0n) is 36.1. The molecule has 1 aliphatic carbocycles. The fraction of sp³-hybridized carbons (Fsp3) is 0.245. The number of fused-ring (bicyclic) bond motifs is 4. The highest BCUT2D eigenvalue weighted by molar-refractivity contribution is 6.99. The molecule has 0 radical (unpaired) electrons.